The summed E-state index contributed by atoms with van der Waals surface area (Å²) in [6.45, 7) is 4.01. The lowest BCUT2D eigenvalue weighted by molar-refractivity contribution is 0.391. The van der Waals surface area contributed by atoms with Crippen molar-refractivity contribution in [2.24, 2.45) is 0 Å². The van der Waals surface area contributed by atoms with Gasteiger partial charge in [-0.15, -0.1) is 21.5 Å². The van der Waals surface area contributed by atoms with Gasteiger partial charge in [0, 0.05) is 41.2 Å². The van der Waals surface area contributed by atoms with E-state index in [0.717, 1.165) is 39.7 Å². The van der Waals surface area contributed by atoms with Crippen molar-refractivity contribution in [3.63, 3.8) is 0 Å². The molecule has 0 aliphatic rings. The lowest BCUT2D eigenvalue weighted by Crippen LogP contribution is -2.07. The van der Waals surface area contributed by atoms with Gasteiger partial charge in [0.1, 0.15) is 17.2 Å². The summed E-state index contributed by atoms with van der Waals surface area (Å²) in [5.41, 5.74) is 3.66. The normalized spacial score (nSPS) is 10.9. The van der Waals surface area contributed by atoms with Crippen LogP contribution in [0.3, 0.4) is 0 Å². The maximum atomic E-state index is 5.65. The van der Waals surface area contributed by atoms with Gasteiger partial charge in [-0.3, -0.25) is 14.3 Å². The summed E-state index contributed by atoms with van der Waals surface area (Å²) in [5.74, 6) is 3.35. The molecule has 166 valence electrons. The summed E-state index contributed by atoms with van der Waals surface area (Å²) in [7, 11) is 3.27. The van der Waals surface area contributed by atoms with Crippen molar-refractivity contribution >= 4 is 29.2 Å². The number of benzene rings is 1. The van der Waals surface area contributed by atoms with Crippen LogP contribution in [0.25, 0.3) is 17.1 Å². The zero-order valence-corrected chi connectivity index (χ0v) is 20.0. The summed E-state index contributed by atoms with van der Waals surface area (Å²) in [6, 6.07) is 7.68. The molecule has 1 aromatic carbocycles. The Kier molecular flexibility index (Phi) is 6.91. The summed E-state index contributed by atoms with van der Waals surface area (Å²) >= 11 is 3.24. The van der Waals surface area contributed by atoms with E-state index in [4.69, 9.17) is 9.47 Å². The molecule has 0 radical (unpaired) electrons. The quantitative estimate of drug-likeness (QED) is 0.279. The monoisotopic (exact) mass is 468 g/mol. The second-order valence-corrected chi connectivity index (χ2v) is 8.87. The minimum Gasteiger partial charge on any atom is -0.494 e. The van der Waals surface area contributed by atoms with E-state index in [1.165, 1.54) is 0 Å². The highest BCUT2D eigenvalue weighted by molar-refractivity contribution is 8.00. The second kappa shape index (κ2) is 10.0. The fourth-order valence-electron chi connectivity index (χ4n) is 3.25. The number of nitrogens with zero attached hydrogens (tertiary/aromatic N) is 5. The lowest BCUT2D eigenvalue weighted by Gasteiger charge is -2.17. The Morgan fingerprint density at radius 3 is 2.53 bits per heavy atom. The Labute approximate surface area is 195 Å². The second-order valence-electron chi connectivity index (χ2n) is 7.03. The Morgan fingerprint density at radius 2 is 1.88 bits per heavy atom. The Morgan fingerprint density at radius 1 is 1.09 bits per heavy atom. The van der Waals surface area contributed by atoms with Gasteiger partial charge in [-0.2, -0.15) is 0 Å². The standard InChI is InChI=1S/C22H24N6O2S2/c1-14-10-16(12-23-11-14)21-25-26-22(27-32-9-8-19-24-15(2)13-31-19)28(21)20-17(29-3)6-5-7-18(20)30-4/h5-7,10-13H,8-9H2,1-4H3,(H,26,27). The molecule has 0 bridgehead atoms. The van der Waals surface area contributed by atoms with Crippen LogP contribution in [0.15, 0.2) is 42.0 Å². The van der Waals surface area contributed by atoms with E-state index in [9.17, 15) is 0 Å². The maximum Gasteiger partial charge on any atom is 0.239 e. The molecule has 0 aliphatic heterocycles. The lowest BCUT2D eigenvalue weighted by atomic mass is 10.2. The van der Waals surface area contributed by atoms with Gasteiger partial charge in [-0.25, -0.2) is 4.98 Å². The first-order valence-electron chi connectivity index (χ1n) is 9.98. The molecule has 0 atom stereocenters. The number of nitrogens with one attached hydrogen (secondary N) is 1. The van der Waals surface area contributed by atoms with E-state index < -0.39 is 0 Å². The molecule has 1 N–H and O–H groups in total. The highest BCUT2D eigenvalue weighted by atomic mass is 32.2. The molecule has 0 spiro atoms. The topological polar surface area (TPSA) is 87.0 Å². The van der Waals surface area contributed by atoms with Gasteiger partial charge in [-0.1, -0.05) is 6.07 Å². The number of hydrogen-bond acceptors (Lipinski definition) is 9. The summed E-state index contributed by atoms with van der Waals surface area (Å²) in [4.78, 5) is 8.85. The molecule has 4 aromatic rings. The maximum absolute atomic E-state index is 5.65. The Hall–Kier alpha value is -3.11. The van der Waals surface area contributed by atoms with Gasteiger partial charge in [0.15, 0.2) is 5.82 Å². The zero-order chi connectivity index (χ0) is 22.5. The van der Waals surface area contributed by atoms with Crippen molar-refractivity contribution in [1.29, 1.82) is 0 Å². The minimum absolute atomic E-state index is 0.574. The molecule has 10 heteroatoms. The molecule has 3 aromatic heterocycles. The minimum atomic E-state index is 0.574. The molecule has 0 amide bonds. The average molecular weight is 469 g/mol. The molecular weight excluding hydrogens is 444 g/mol. The zero-order valence-electron chi connectivity index (χ0n) is 18.3. The SMILES string of the molecule is COc1cccc(OC)c1-n1c(NSCCc2nc(C)cs2)nnc1-c1cncc(C)c1. The molecule has 4 rings (SSSR count). The van der Waals surface area contributed by atoms with E-state index in [2.05, 4.69) is 30.3 Å². The molecule has 3 heterocycles. The fourth-order valence-corrected chi connectivity index (χ4v) is 4.81. The van der Waals surface area contributed by atoms with Crippen molar-refractivity contribution < 1.29 is 9.47 Å². The van der Waals surface area contributed by atoms with E-state index in [0.29, 0.717) is 23.3 Å². The predicted octanol–water partition coefficient (Wildman–Crippen LogP) is 4.72. The molecule has 0 aliphatic carbocycles. The molecule has 0 saturated carbocycles. The van der Waals surface area contributed by atoms with E-state index in [1.807, 2.05) is 48.9 Å². The van der Waals surface area contributed by atoms with Crippen molar-refractivity contribution in [1.82, 2.24) is 24.7 Å². The van der Waals surface area contributed by atoms with Crippen LogP contribution < -0.4 is 14.2 Å². The van der Waals surface area contributed by atoms with Gasteiger partial charge < -0.3 is 9.47 Å². The van der Waals surface area contributed by atoms with Gasteiger partial charge in [0.25, 0.3) is 0 Å². The number of rotatable bonds is 9. The molecular formula is C22H24N6O2S2. The smallest absolute Gasteiger partial charge is 0.239 e. The average Bonchev–Trinajstić information content (AvgIpc) is 3.41. The van der Waals surface area contributed by atoms with E-state index in [1.54, 1.807) is 43.7 Å². The number of methoxy groups -OCH3 is 2. The van der Waals surface area contributed by atoms with E-state index >= 15 is 0 Å². The Balaban J connectivity index is 1.70. The first-order valence-corrected chi connectivity index (χ1v) is 11.8. The summed E-state index contributed by atoms with van der Waals surface area (Å²) in [5, 5.41) is 12.1. The number of aromatic nitrogens is 5. The number of pyridine rings is 1. The van der Waals surface area contributed by atoms with Crippen molar-refractivity contribution in [2.45, 2.75) is 20.3 Å². The molecule has 8 nitrogen and oxygen atoms in total. The molecule has 0 saturated heterocycles. The first-order chi connectivity index (χ1) is 15.6. The van der Waals surface area contributed by atoms with Crippen LogP contribution in [-0.2, 0) is 6.42 Å². The van der Waals surface area contributed by atoms with Crippen molar-refractivity contribution in [2.75, 3.05) is 24.7 Å². The van der Waals surface area contributed by atoms with Gasteiger partial charge in [0.2, 0.25) is 5.95 Å². The van der Waals surface area contributed by atoms with Crippen LogP contribution in [0.5, 0.6) is 11.5 Å². The highest BCUT2D eigenvalue weighted by Crippen LogP contribution is 2.37. The number of anilines is 1. The number of para-hydroxylation sites is 1. The largest absolute Gasteiger partial charge is 0.494 e. The summed E-state index contributed by atoms with van der Waals surface area (Å²) in [6.07, 6.45) is 4.46. The predicted molar refractivity (Wildman–Crippen MR) is 129 cm³/mol. The van der Waals surface area contributed by atoms with Gasteiger partial charge in [0.05, 0.1) is 19.2 Å². The van der Waals surface area contributed by atoms with Crippen LogP contribution in [0, 0.1) is 13.8 Å². The first kappa shape index (κ1) is 22.1. The fraction of sp³-hybridized carbons (Fsp3) is 0.273. The third-order valence-electron chi connectivity index (χ3n) is 4.67. The molecule has 0 fully saturated rings. The molecule has 32 heavy (non-hydrogen) atoms. The van der Waals surface area contributed by atoms with Crippen LogP contribution in [0.1, 0.15) is 16.3 Å². The van der Waals surface area contributed by atoms with Crippen LogP contribution in [0.2, 0.25) is 0 Å². The Bertz CT molecular complexity index is 1180. The third-order valence-corrected chi connectivity index (χ3v) is 6.43. The van der Waals surface area contributed by atoms with Crippen molar-refractivity contribution in [3.05, 3.63) is 58.3 Å². The third kappa shape index (κ3) is 4.71. The van der Waals surface area contributed by atoms with Crippen LogP contribution in [0.4, 0.5) is 5.95 Å². The van der Waals surface area contributed by atoms with Gasteiger partial charge in [-0.05, 0) is 49.6 Å². The molecule has 0 unspecified atom stereocenters. The van der Waals surface area contributed by atoms with Crippen LogP contribution >= 0.6 is 23.3 Å². The number of ether oxygens (including phenoxy) is 2. The number of aryl methyl sites for hydroxylation is 3. The van der Waals surface area contributed by atoms with Crippen LogP contribution in [-0.4, -0.2) is 44.7 Å². The summed E-state index contributed by atoms with van der Waals surface area (Å²) < 4.78 is 16.6. The number of thiazole rings is 1. The van der Waals surface area contributed by atoms with Gasteiger partial charge >= 0.3 is 0 Å². The van der Waals surface area contributed by atoms with E-state index in [-0.39, 0.29) is 0 Å². The van der Waals surface area contributed by atoms with Crippen molar-refractivity contribution in [3.8, 4) is 28.6 Å². The number of hydrogen-bond donors (Lipinski definition) is 1. The highest BCUT2D eigenvalue weighted by Gasteiger charge is 2.22.